The van der Waals surface area contributed by atoms with Crippen LogP contribution in [-0.2, 0) is 0 Å². The summed E-state index contributed by atoms with van der Waals surface area (Å²) < 4.78 is 20.0. The van der Waals surface area contributed by atoms with Crippen molar-refractivity contribution in [1.29, 1.82) is 0 Å². The second-order valence-corrected chi connectivity index (χ2v) is 6.62. The van der Waals surface area contributed by atoms with Crippen LogP contribution in [0.5, 0.6) is 0 Å². The molecule has 0 unspecified atom stereocenters. The fraction of sp³-hybridized carbons (Fsp3) is 0.111. The summed E-state index contributed by atoms with van der Waals surface area (Å²) in [5.41, 5.74) is 3.03. The van der Waals surface area contributed by atoms with Crippen molar-refractivity contribution in [3.05, 3.63) is 59.1 Å². The fourth-order valence-corrected chi connectivity index (χ4v) is 3.64. The molecule has 24 heavy (non-hydrogen) atoms. The SMILES string of the molecule is Cc1c(C(=O)Nc2nc3c(C)cccc3s2)oc2ccc(F)cc12. The summed E-state index contributed by atoms with van der Waals surface area (Å²) in [5.74, 6) is -0.576. The summed E-state index contributed by atoms with van der Waals surface area (Å²) in [5, 5.41) is 3.88. The number of benzene rings is 2. The van der Waals surface area contributed by atoms with Gasteiger partial charge in [-0.15, -0.1) is 0 Å². The molecule has 4 rings (SSSR count). The van der Waals surface area contributed by atoms with Gasteiger partial charge in [0.15, 0.2) is 10.9 Å². The van der Waals surface area contributed by atoms with Crippen LogP contribution < -0.4 is 5.32 Å². The zero-order valence-corrected chi connectivity index (χ0v) is 13.8. The topological polar surface area (TPSA) is 55.1 Å². The number of fused-ring (bicyclic) bond motifs is 2. The van der Waals surface area contributed by atoms with Crippen molar-refractivity contribution < 1.29 is 13.6 Å². The number of hydrogen-bond acceptors (Lipinski definition) is 4. The molecule has 0 radical (unpaired) electrons. The van der Waals surface area contributed by atoms with Crippen molar-refractivity contribution >= 4 is 43.6 Å². The predicted molar refractivity (Wildman–Crippen MR) is 93.2 cm³/mol. The summed E-state index contributed by atoms with van der Waals surface area (Å²) in [4.78, 5) is 17.0. The number of aryl methyl sites for hydroxylation is 2. The van der Waals surface area contributed by atoms with E-state index in [2.05, 4.69) is 10.3 Å². The van der Waals surface area contributed by atoms with Crippen molar-refractivity contribution in [1.82, 2.24) is 4.98 Å². The molecule has 0 atom stereocenters. The molecule has 0 spiro atoms. The number of amides is 1. The first kappa shape index (κ1) is 14.8. The molecule has 2 heterocycles. The van der Waals surface area contributed by atoms with E-state index in [0.29, 0.717) is 21.7 Å². The van der Waals surface area contributed by atoms with Gasteiger partial charge in [-0.05, 0) is 43.7 Å². The van der Waals surface area contributed by atoms with E-state index in [0.717, 1.165) is 15.8 Å². The molecule has 0 bridgehead atoms. The second kappa shape index (κ2) is 5.42. The van der Waals surface area contributed by atoms with Crippen LogP contribution in [0, 0.1) is 19.7 Å². The minimum absolute atomic E-state index is 0.173. The number of carbonyl (C=O) groups is 1. The number of furan rings is 1. The van der Waals surface area contributed by atoms with E-state index >= 15 is 0 Å². The summed E-state index contributed by atoms with van der Waals surface area (Å²) in [6, 6.07) is 10.1. The molecule has 0 fully saturated rings. The lowest BCUT2D eigenvalue weighted by atomic mass is 10.1. The maximum atomic E-state index is 13.4. The van der Waals surface area contributed by atoms with Crippen LogP contribution in [0.4, 0.5) is 9.52 Å². The Bertz CT molecular complexity index is 1100. The van der Waals surface area contributed by atoms with Gasteiger partial charge in [-0.1, -0.05) is 23.5 Å². The number of rotatable bonds is 2. The maximum absolute atomic E-state index is 13.4. The van der Waals surface area contributed by atoms with Crippen molar-refractivity contribution in [2.75, 3.05) is 5.32 Å². The quantitative estimate of drug-likeness (QED) is 0.555. The minimum atomic E-state index is -0.388. The monoisotopic (exact) mass is 340 g/mol. The van der Waals surface area contributed by atoms with Gasteiger partial charge in [-0.3, -0.25) is 10.1 Å². The van der Waals surface area contributed by atoms with Crippen molar-refractivity contribution in [3.63, 3.8) is 0 Å². The molecule has 0 saturated heterocycles. The predicted octanol–water partition coefficient (Wildman–Crippen LogP) is 5.05. The molecule has 120 valence electrons. The average molecular weight is 340 g/mol. The van der Waals surface area contributed by atoms with Gasteiger partial charge in [0, 0.05) is 10.9 Å². The Morgan fingerprint density at radius 2 is 2.08 bits per heavy atom. The molecule has 1 N–H and O–H groups in total. The molecule has 0 aliphatic carbocycles. The molecule has 4 nitrogen and oxygen atoms in total. The van der Waals surface area contributed by atoms with E-state index in [-0.39, 0.29) is 17.5 Å². The number of halogens is 1. The summed E-state index contributed by atoms with van der Waals surface area (Å²) in [6.07, 6.45) is 0. The Morgan fingerprint density at radius 3 is 2.88 bits per heavy atom. The van der Waals surface area contributed by atoms with Crippen LogP contribution in [0.15, 0.2) is 40.8 Å². The average Bonchev–Trinajstić information content (AvgIpc) is 3.10. The molecule has 0 saturated carbocycles. The van der Waals surface area contributed by atoms with Crippen LogP contribution in [-0.4, -0.2) is 10.9 Å². The molecule has 4 aromatic rings. The third-order valence-electron chi connectivity index (χ3n) is 3.95. The summed E-state index contributed by atoms with van der Waals surface area (Å²) in [7, 11) is 0. The van der Waals surface area contributed by atoms with Gasteiger partial charge in [0.25, 0.3) is 5.91 Å². The number of thiazole rings is 1. The highest BCUT2D eigenvalue weighted by Gasteiger charge is 2.19. The number of nitrogens with one attached hydrogen (secondary N) is 1. The van der Waals surface area contributed by atoms with Crippen molar-refractivity contribution in [2.24, 2.45) is 0 Å². The molecular weight excluding hydrogens is 327 g/mol. The van der Waals surface area contributed by atoms with Gasteiger partial charge < -0.3 is 4.42 Å². The van der Waals surface area contributed by atoms with Crippen LogP contribution in [0.25, 0.3) is 21.2 Å². The van der Waals surface area contributed by atoms with Crippen LogP contribution in [0.2, 0.25) is 0 Å². The molecule has 0 aliphatic rings. The lowest BCUT2D eigenvalue weighted by molar-refractivity contribution is 0.0998. The molecule has 1 amide bonds. The summed E-state index contributed by atoms with van der Waals surface area (Å²) in [6.45, 7) is 3.72. The van der Waals surface area contributed by atoms with Gasteiger partial charge in [0.2, 0.25) is 0 Å². The normalized spacial score (nSPS) is 11.3. The Labute approximate surface area is 140 Å². The van der Waals surface area contributed by atoms with E-state index in [1.165, 1.54) is 29.5 Å². The highest BCUT2D eigenvalue weighted by atomic mass is 32.1. The smallest absolute Gasteiger partial charge is 0.293 e. The Morgan fingerprint density at radius 1 is 1.25 bits per heavy atom. The zero-order valence-electron chi connectivity index (χ0n) is 13.0. The Kier molecular flexibility index (Phi) is 3.35. The summed E-state index contributed by atoms with van der Waals surface area (Å²) >= 11 is 1.40. The minimum Gasteiger partial charge on any atom is -0.451 e. The highest BCUT2D eigenvalue weighted by Crippen LogP contribution is 2.30. The van der Waals surface area contributed by atoms with Crippen LogP contribution in [0.1, 0.15) is 21.7 Å². The third kappa shape index (κ3) is 2.35. The fourth-order valence-electron chi connectivity index (χ4n) is 2.70. The Balaban J connectivity index is 1.70. The lowest BCUT2D eigenvalue weighted by Gasteiger charge is -1.98. The Hall–Kier alpha value is -2.73. The molecule has 6 heteroatoms. The largest absolute Gasteiger partial charge is 0.451 e. The highest BCUT2D eigenvalue weighted by molar-refractivity contribution is 7.22. The van der Waals surface area contributed by atoms with E-state index in [1.807, 2.05) is 25.1 Å². The van der Waals surface area contributed by atoms with Gasteiger partial charge in [-0.2, -0.15) is 0 Å². The number of para-hydroxylation sites is 1. The number of hydrogen-bond donors (Lipinski definition) is 1. The number of anilines is 1. The van der Waals surface area contributed by atoms with E-state index < -0.39 is 0 Å². The van der Waals surface area contributed by atoms with Gasteiger partial charge in [0.1, 0.15) is 11.4 Å². The molecule has 2 aromatic heterocycles. The standard InChI is InChI=1S/C18H13FN2O2S/c1-9-4-3-5-14-15(9)20-18(24-14)21-17(22)16-10(2)12-8-11(19)6-7-13(12)23-16/h3-8H,1-2H3,(H,20,21,22). The lowest BCUT2D eigenvalue weighted by Crippen LogP contribution is -2.11. The first-order chi connectivity index (χ1) is 11.5. The van der Waals surface area contributed by atoms with Crippen molar-refractivity contribution in [2.45, 2.75) is 13.8 Å². The second-order valence-electron chi connectivity index (χ2n) is 5.59. The van der Waals surface area contributed by atoms with E-state index in [4.69, 9.17) is 4.42 Å². The molecule has 2 aromatic carbocycles. The number of aromatic nitrogens is 1. The zero-order chi connectivity index (χ0) is 16.8. The van der Waals surface area contributed by atoms with E-state index in [1.54, 1.807) is 6.92 Å². The molecular formula is C18H13FN2O2S. The number of nitrogens with zero attached hydrogens (tertiary/aromatic N) is 1. The van der Waals surface area contributed by atoms with Crippen LogP contribution >= 0.6 is 11.3 Å². The first-order valence-corrected chi connectivity index (χ1v) is 8.21. The third-order valence-corrected chi connectivity index (χ3v) is 4.88. The van der Waals surface area contributed by atoms with Gasteiger partial charge in [0.05, 0.1) is 10.2 Å². The first-order valence-electron chi connectivity index (χ1n) is 7.39. The number of carbonyl (C=O) groups excluding carboxylic acids is 1. The van der Waals surface area contributed by atoms with E-state index in [9.17, 15) is 9.18 Å². The molecule has 0 aliphatic heterocycles. The van der Waals surface area contributed by atoms with Crippen molar-refractivity contribution in [3.8, 4) is 0 Å². The maximum Gasteiger partial charge on any atom is 0.293 e. The van der Waals surface area contributed by atoms with Gasteiger partial charge >= 0.3 is 0 Å². The van der Waals surface area contributed by atoms with Gasteiger partial charge in [-0.25, -0.2) is 9.37 Å². The van der Waals surface area contributed by atoms with Crippen LogP contribution in [0.3, 0.4) is 0 Å².